The van der Waals surface area contributed by atoms with Crippen LogP contribution in [0.2, 0.25) is 0 Å². The smallest absolute Gasteiger partial charge is 0.176 e. The van der Waals surface area contributed by atoms with Gasteiger partial charge in [0.25, 0.3) is 0 Å². The molecule has 0 bridgehead atoms. The lowest BCUT2D eigenvalue weighted by atomic mass is 9.97. The molecular weight excluding hydrogens is 336 g/mol. The molecule has 1 rings (SSSR count). The van der Waals surface area contributed by atoms with Gasteiger partial charge in [-0.15, -0.1) is 0 Å². The maximum Gasteiger partial charge on any atom is 0.176 e. The summed E-state index contributed by atoms with van der Waals surface area (Å²) < 4.78 is 12.7. The minimum Gasteiger partial charge on any atom is -0.492 e. The molecule has 0 aliphatic carbocycles. The Morgan fingerprint density at radius 1 is 0.938 bits per heavy atom. The van der Waals surface area contributed by atoms with Gasteiger partial charge in [-0.05, 0) is 55.8 Å². The van der Waals surface area contributed by atoms with E-state index >= 15 is 0 Å². The highest BCUT2D eigenvalue weighted by Gasteiger charge is 2.22. The van der Waals surface area contributed by atoms with Crippen LogP contribution in [0.5, 0.6) is 11.5 Å². The van der Waals surface area contributed by atoms with Crippen molar-refractivity contribution in [1.29, 1.82) is 0 Å². The van der Waals surface area contributed by atoms with Crippen molar-refractivity contribution in [1.82, 2.24) is 0 Å². The van der Waals surface area contributed by atoms with Crippen LogP contribution in [0.15, 0.2) is 8.95 Å². The molecule has 0 saturated carbocycles. The summed E-state index contributed by atoms with van der Waals surface area (Å²) >= 11 is 7.15. The highest BCUT2D eigenvalue weighted by molar-refractivity contribution is 9.11. The SMILES string of the molecule is COc1c(Br)c(C)c(C(C)C)c(Br)c1OC. The molecule has 90 valence electrons. The molecule has 0 atom stereocenters. The highest BCUT2D eigenvalue weighted by Crippen LogP contribution is 2.47. The third-order valence-electron chi connectivity index (χ3n) is 2.56. The van der Waals surface area contributed by atoms with Crippen molar-refractivity contribution in [3.63, 3.8) is 0 Å². The number of hydrogen-bond donors (Lipinski definition) is 0. The number of halogens is 2. The van der Waals surface area contributed by atoms with E-state index in [4.69, 9.17) is 9.47 Å². The van der Waals surface area contributed by atoms with Crippen LogP contribution in [0.4, 0.5) is 0 Å². The Kier molecular flexibility index (Phi) is 4.68. The van der Waals surface area contributed by atoms with E-state index in [0.717, 1.165) is 20.4 Å². The predicted molar refractivity (Wildman–Crippen MR) is 73.8 cm³/mol. The van der Waals surface area contributed by atoms with Crippen molar-refractivity contribution in [3.8, 4) is 11.5 Å². The lowest BCUT2D eigenvalue weighted by Gasteiger charge is -2.20. The van der Waals surface area contributed by atoms with Crippen molar-refractivity contribution in [2.75, 3.05) is 14.2 Å². The number of methoxy groups -OCH3 is 2. The third-order valence-corrected chi connectivity index (χ3v) is 4.30. The zero-order chi connectivity index (χ0) is 12.5. The van der Waals surface area contributed by atoms with E-state index < -0.39 is 0 Å². The van der Waals surface area contributed by atoms with E-state index in [1.807, 2.05) is 0 Å². The third kappa shape index (κ3) is 2.23. The summed E-state index contributed by atoms with van der Waals surface area (Å²) in [6.45, 7) is 6.39. The van der Waals surface area contributed by atoms with E-state index in [1.165, 1.54) is 11.1 Å². The molecule has 0 aliphatic heterocycles. The van der Waals surface area contributed by atoms with Gasteiger partial charge < -0.3 is 9.47 Å². The van der Waals surface area contributed by atoms with E-state index in [9.17, 15) is 0 Å². The predicted octanol–water partition coefficient (Wildman–Crippen LogP) is 4.66. The molecule has 0 fully saturated rings. The van der Waals surface area contributed by atoms with E-state index in [0.29, 0.717) is 5.92 Å². The first-order valence-corrected chi connectivity index (χ1v) is 6.63. The van der Waals surface area contributed by atoms with E-state index in [1.54, 1.807) is 14.2 Å². The van der Waals surface area contributed by atoms with Crippen molar-refractivity contribution in [2.24, 2.45) is 0 Å². The summed E-state index contributed by atoms with van der Waals surface area (Å²) in [5.74, 6) is 1.89. The van der Waals surface area contributed by atoms with Crippen molar-refractivity contribution in [3.05, 3.63) is 20.1 Å². The fraction of sp³-hybridized carbons (Fsp3) is 0.500. The Hall–Kier alpha value is -0.220. The Balaban J connectivity index is 3.62. The van der Waals surface area contributed by atoms with Gasteiger partial charge in [0.05, 0.1) is 23.2 Å². The lowest BCUT2D eigenvalue weighted by molar-refractivity contribution is 0.350. The molecule has 0 heterocycles. The Morgan fingerprint density at radius 2 is 1.38 bits per heavy atom. The normalized spacial score (nSPS) is 10.8. The average molecular weight is 352 g/mol. The molecule has 4 heteroatoms. The molecule has 0 N–H and O–H groups in total. The van der Waals surface area contributed by atoms with Crippen LogP contribution in [0.25, 0.3) is 0 Å². The van der Waals surface area contributed by atoms with Crippen LogP contribution in [0.3, 0.4) is 0 Å². The number of rotatable bonds is 3. The molecule has 0 saturated heterocycles. The van der Waals surface area contributed by atoms with Crippen LogP contribution < -0.4 is 9.47 Å². The number of benzene rings is 1. The molecule has 0 aromatic heterocycles. The summed E-state index contributed by atoms with van der Waals surface area (Å²) in [6.07, 6.45) is 0. The topological polar surface area (TPSA) is 18.5 Å². The summed E-state index contributed by atoms with van der Waals surface area (Å²) in [4.78, 5) is 0. The van der Waals surface area contributed by atoms with Gasteiger partial charge in [-0.1, -0.05) is 13.8 Å². The first-order valence-electron chi connectivity index (χ1n) is 5.05. The molecule has 2 nitrogen and oxygen atoms in total. The van der Waals surface area contributed by atoms with Gasteiger partial charge in [0, 0.05) is 0 Å². The molecule has 1 aromatic carbocycles. The second-order valence-electron chi connectivity index (χ2n) is 3.89. The maximum atomic E-state index is 5.39. The molecule has 0 unspecified atom stereocenters. The minimum atomic E-state index is 0.422. The zero-order valence-corrected chi connectivity index (χ0v) is 13.3. The monoisotopic (exact) mass is 350 g/mol. The molecule has 0 amide bonds. The molecule has 0 aliphatic rings. The van der Waals surface area contributed by atoms with Gasteiger partial charge in [-0.3, -0.25) is 0 Å². The van der Waals surface area contributed by atoms with Crippen molar-refractivity contribution >= 4 is 31.9 Å². The van der Waals surface area contributed by atoms with Crippen LogP contribution in [0.1, 0.15) is 30.9 Å². The Morgan fingerprint density at radius 3 is 1.75 bits per heavy atom. The molecule has 0 spiro atoms. The summed E-state index contributed by atoms with van der Waals surface area (Å²) in [5.41, 5.74) is 2.42. The Labute approximate surface area is 114 Å². The van der Waals surface area contributed by atoms with Crippen molar-refractivity contribution in [2.45, 2.75) is 26.7 Å². The second-order valence-corrected chi connectivity index (χ2v) is 5.47. The maximum absolute atomic E-state index is 5.39. The highest BCUT2D eigenvalue weighted by atomic mass is 79.9. The fourth-order valence-corrected chi connectivity index (χ4v) is 3.48. The summed E-state index contributed by atoms with van der Waals surface area (Å²) in [7, 11) is 3.29. The first-order chi connectivity index (χ1) is 7.45. The molecule has 16 heavy (non-hydrogen) atoms. The van der Waals surface area contributed by atoms with E-state index in [2.05, 4.69) is 52.6 Å². The Bertz CT molecular complexity index is 401. The molecular formula is C12H16Br2O2. The lowest BCUT2D eigenvalue weighted by Crippen LogP contribution is -2.01. The van der Waals surface area contributed by atoms with Crippen LogP contribution >= 0.6 is 31.9 Å². The van der Waals surface area contributed by atoms with Gasteiger partial charge >= 0.3 is 0 Å². The fourth-order valence-electron chi connectivity index (χ4n) is 1.83. The standard InChI is InChI=1S/C12H16Br2O2/c1-6(2)8-7(3)9(13)11(15-4)12(16-5)10(8)14/h6H,1-5H3. The number of ether oxygens (including phenoxy) is 2. The van der Waals surface area contributed by atoms with Crippen LogP contribution in [-0.4, -0.2) is 14.2 Å². The quantitative estimate of drug-likeness (QED) is 0.788. The van der Waals surface area contributed by atoms with Gasteiger partial charge in [0.15, 0.2) is 11.5 Å². The summed E-state index contributed by atoms with van der Waals surface area (Å²) in [5, 5.41) is 0. The minimum absolute atomic E-state index is 0.422. The van der Waals surface area contributed by atoms with Crippen LogP contribution in [-0.2, 0) is 0 Å². The number of hydrogen-bond acceptors (Lipinski definition) is 2. The second kappa shape index (κ2) is 5.41. The first kappa shape index (κ1) is 13.8. The van der Waals surface area contributed by atoms with Gasteiger partial charge in [-0.2, -0.15) is 0 Å². The largest absolute Gasteiger partial charge is 0.492 e. The molecule has 0 radical (unpaired) electrons. The van der Waals surface area contributed by atoms with Gasteiger partial charge in [-0.25, -0.2) is 0 Å². The van der Waals surface area contributed by atoms with Crippen LogP contribution in [0, 0.1) is 6.92 Å². The summed E-state index contributed by atoms with van der Waals surface area (Å²) in [6, 6.07) is 0. The van der Waals surface area contributed by atoms with Crippen molar-refractivity contribution < 1.29 is 9.47 Å². The van der Waals surface area contributed by atoms with E-state index in [-0.39, 0.29) is 0 Å². The van der Waals surface area contributed by atoms with Gasteiger partial charge in [0.1, 0.15) is 0 Å². The average Bonchev–Trinajstić information content (AvgIpc) is 2.22. The molecule has 1 aromatic rings. The zero-order valence-electron chi connectivity index (χ0n) is 10.1. The van der Waals surface area contributed by atoms with Gasteiger partial charge in [0.2, 0.25) is 0 Å².